The molecule has 1 heterocycles. The van der Waals surface area contributed by atoms with Crippen LogP contribution < -0.4 is 10.6 Å². The molecule has 1 fully saturated rings. The lowest BCUT2D eigenvalue weighted by Gasteiger charge is -2.25. The SMILES string of the molecule is CCNC(=O)n1nc(-c2cc(NC(C)=O)ccc2O)cc1C1CCC1. The maximum Gasteiger partial charge on any atom is 0.342 e. The number of phenols is 1. The molecule has 0 spiro atoms. The lowest BCUT2D eigenvalue weighted by Crippen LogP contribution is -2.31. The molecule has 25 heavy (non-hydrogen) atoms. The Balaban J connectivity index is 2.02. The Labute approximate surface area is 146 Å². The van der Waals surface area contributed by atoms with Crippen molar-refractivity contribution in [1.82, 2.24) is 15.1 Å². The zero-order valence-electron chi connectivity index (χ0n) is 14.4. The molecule has 1 aliphatic rings. The normalized spacial score (nSPS) is 14.0. The van der Waals surface area contributed by atoms with Gasteiger partial charge in [-0.05, 0) is 44.0 Å². The third-order valence-corrected chi connectivity index (χ3v) is 4.37. The number of hydrogen-bond donors (Lipinski definition) is 3. The molecular weight excluding hydrogens is 320 g/mol. The number of benzene rings is 1. The third-order valence-electron chi connectivity index (χ3n) is 4.37. The van der Waals surface area contributed by atoms with Gasteiger partial charge >= 0.3 is 6.03 Å². The van der Waals surface area contributed by atoms with Crippen LogP contribution in [0.4, 0.5) is 10.5 Å². The average molecular weight is 342 g/mol. The molecule has 1 saturated carbocycles. The minimum atomic E-state index is -0.270. The standard InChI is InChI=1S/C18H22N4O3/c1-3-19-18(25)22-16(12-5-4-6-12)10-15(21-22)14-9-13(20-11(2)23)7-8-17(14)24/h7-10,12,24H,3-6H2,1-2H3,(H,19,25)(H,20,23). The van der Waals surface area contributed by atoms with E-state index in [4.69, 9.17) is 0 Å². The Kier molecular flexibility index (Phi) is 4.74. The van der Waals surface area contributed by atoms with Gasteiger partial charge < -0.3 is 15.7 Å². The first kappa shape index (κ1) is 17.0. The molecule has 1 aliphatic carbocycles. The fourth-order valence-corrected chi connectivity index (χ4v) is 2.93. The van der Waals surface area contributed by atoms with Gasteiger partial charge in [-0.1, -0.05) is 6.42 Å². The number of nitrogens with one attached hydrogen (secondary N) is 2. The first-order valence-corrected chi connectivity index (χ1v) is 8.48. The molecule has 2 amide bonds. The maximum absolute atomic E-state index is 12.3. The van der Waals surface area contributed by atoms with Crippen LogP contribution >= 0.6 is 0 Å². The van der Waals surface area contributed by atoms with Crippen molar-refractivity contribution in [2.45, 2.75) is 39.0 Å². The zero-order chi connectivity index (χ0) is 18.0. The predicted molar refractivity (Wildman–Crippen MR) is 94.7 cm³/mol. The summed E-state index contributed by atoms with van der Waals surface area (Å²) in [5.41, 5.74) is 2.42. The summed E-state index contributed by atoms with van der Waals surface area (Å²) >= 11 is 0. The van der Waals surface area contributed by atoms with Crippen LogP contribution in [0.25, 0.3) is 11.3 Å². The van der Waals surface area contributed by atoms with Crippen molar-refractivity contribution in [3.63, 3.8) is 0 Å². The summed E-state index contributed by atoms with van der Waals surface area (Å²) < 4.78 is 1.40. The second-order valence-corrected chi connectivity index (χ2v) is 6.24. The van der Waals surface area contributed by atoms with E-state index in [-0.39, 0.29) is 17.7 Å². The highest BCUT2D eigenvalue weighted by Crippen LogP contribution is 2.39. The van der Waals surface area contributed by atoms with Crippen LogP contribution in [-0.2, 0) is 4.79 Å². The van der Waals surface area contributed by atoms with Gasteiger partial charge in [0.2, 0.25) is 5.91 Å². The molecule has 7 heteroatoms. The minimum Gasteiger partial charge on any atom is -0.507 e. The Morgan fingerprint density at radius 2 is 2.08 bits per heavy atom. The van der Waals surface area contributed by atoms with Crippen molar-refractivity contribution in [3.8, 4) is 17.0 Å². The average Bonchev–Trinajstić information content (AvgIpc) is 2.92. The number of hydrogen-bond acceptors (Lipinski definition) is 4. The molecular formula is C18H22N4O3. The Hall–Kier alpha value is -2.83. The predicted octanol–water partition coefficient (Wildman–Crippen LogP) is 3.06. The molecule has 1 aromatic carbocycles. The van der Waals surface area contributed by atoms with Crippen LogP contribution in [0.2, 0.25) is 0 Å². The zero-order valence-corrected chi connectivity index (χ0v) is 14.4. The number of rotatable bonds is 4. The van der Waals surface area contributed by atoms with E-state index < -0.39 is 0 Å². The summed E-state index contributed by atoms with van der Waals surface area (Å²) in [4.78, 5) is 23.6. The van der Waals surface area contributed by atoms with Crippen LogP contribution in [0, 0.1) is 0 Å². The smallest absolute Gasteiger partial charge is 0.342 e. The quantitative estimate of drug-likeness (QED) is 0.744. The highest BCUT2D eigenvalue weighted by molar-refractivity contribution is 5.90. The van der Waals surface area contributed by atoms with E-state index in [1.54, 1.807) is 12.1 Å². The molecule has 3 N–H and O–H groups in total. The summed E-state index contributed by atoms with van der Waals surface area (Å²) in [5, 5.41) is 20.1. The summed E-state index contributed by atoms with van der Waals surface area (Å²) in [6, 6.07) is 6.37. The Bertz CT molecular complexity index is 809. The van der Waals surface area contributed by atoms with E-state index in [1.807, 2.05) is 13.0 Å². The number of amides is 2. The number of aromatic nitrogens is 2. The van der Waals surface area contributed by atoms with Gasteiger partial charge in [-0.2, -0.15) is 9.78 Å². The Morgan fingerprint density at radius 3 is 2.68 bits per heavy atom. The van der Waals surface area contributed by atoms with Gasteiger partial charge in [0.15, 0.2) is 0 Å². The van der Waals surface area contributed by atoms with Crippen LogP contribution in [-0.4, -0.2) is 33.4 Å². The van der Waals surface area contributed by atoms with Crippen LogP contribution in [0.15, 0.2) is 24.3 Å². The first-order valence-electron chi connectivity index (χ1n) is 8.48. The highest BCUT2D eigenvalue weighted by Gasteiger charge is 2.27. The number of aromatic hydroxyl groups is 1. The van der Waals surface area contributed by atoms with E-state index in [0.29, 0.717) is 29.4 Å². The fourth-order valence-electron chi connectivity index (χ4n) is 2.93. The van der Waals surface area contributed by atoms with Crippen molar-refractivity contribution in [1.29, 1.82) is 0 Å². The number of anilines is 1. The van der Waals surface area contributed by atoms with Gasteiger partial charge in [-0.3, -0.25) is 4.79 Å². The molecule has 132 valence electrons. The lowest BCUT2D eigenvalue weighted by atomic mass is 9.82. The van der Waals surface area contributed by atoms with Crippen molar-refractivity contribution < 1.29 is 14.7 Å². The third kappa shape index (κ3) is 3.50. The topological polar surface area (TPSA) is 96.3 Å². The van der Waals surface area contributed by atoms with Crippen molar-refractivity contribution >= 4 is 17.6 Å². The molecule has 1 aromatic heterocycles. The summed E-state index contributed by atoms with van der Waals surface area (Å²) in [7, 11) is 0. The van der Waals surface area contributed by atoms with Crippen molar-refractivity contribution in [2.75, 3.05) is 11.9 Å². The molecule has 0 radical (unpaired) electrons. The van der Waals surface area contributed by atoms with Crippen LogP contribution in [0.3, 0.4) is 0 Å². The monoisotopic (exact) mass is 342 g/mol. The molecule has 3 rings (SSSR count). The second kappa shape index (κ2) is 6.96. The van der Waals surface area contributed by atoms with E-state index in [2.05, 4.69) is 15.7 Å². The number of nitrogens with zero attached hydrogens (tertiary/aromatic N) is 2. The first-order chi connectivity index (χ1) is 12.0. The number of carbonyl (C=O) groups excluding carboxylic acids is 2. The summed E-state index contributed by atoms with van der Waals surface area (Å²) in [6.45, 7) is 3.79. The van der Waals surface area contributed by atoms with Crippen LogP contribution in [0.1, 0.15) is 44.7 Å². The molecule has 0 aliphatic heterocycles. The van der Waals surface area contributed by atoms with Gasteiger partial charge in [0, 0.05) is 30.6 Å². The molecule has 0 bridgehead atoms. The van der Waals surface area contributed by atoms with Gasteiger partial charge in [0.25, 0.3) is 0 Å². The molecule has 0 saturated heterocycles. The van der Waals surface area contributed by atoms with E-state index in [9.17, 15) is 14.7 Å². The molecule has 2 aromatic rings. The van der Waals surface area contributed by atoms with E-state index in [1.165, 1.54) is 17.7 Å². The summed E-state index contributed by atoms with van der Waals surface area (Å²) in [6.07, 6.45) is 3.20. The minimum absolute atomic E-state index is 0.0508. The molecule has 0 atom stereocenters. The highest BCUT2D eigenvalue weighted by atomic mass is 16.3. The van der Waals surface area contributed by atoms with Crippen molar-refractivity contribution in [2.24, 2.45) is 0 Å². The summed E-state index contributed by atoms with van der Waals surface area (Å²) in [5.74, 6) is 0.166. The number of carbonyl (C=O) groups is 2. The van der Waals surface area contributed by atoms with Gasteiger partial charge in [0.05, 0.1) is 11.4 Å². The van der Waals surface area contributed by atoms with Gasteiger partial charge in [-0.25, -0.2) is 4.79 Å². The Morgan fingerprint density at radius 1 is 1.32 bits per heavy atom. The van der Waals surface area contributed by atoms with Crippen LogP contribution in [0.5, 0.6) is 5.75 Å². The largest absolute Gasteiger partial charge is 0.507 e. The second-order valence-electron chi connectivity index (χ2n) is 6.24. The van der Waals surface area contributed by atoms with Crippen molar-refractivity contribution in [3.05, 3.63) is 30.0 Å². The van der Waals surface area contributed by atoms with Gasteiger partial charge in [0.1, 0.15) is 5.75 Å². The number of phenolic OH excluding ortho intramolecular Hbond substituents is 1. The van der Waals surface area contributed by atoms with E-state index in [0.717, 1.165) is 25.0 Å². The van der Waals surface area contributed by atoms with Gasteiger partial charge in [-0.15, -0.1) is 0 Å². The lowest BCUT2D eigenvalue weighted by molar-refractivity contribution is -0.114. The fraction of sp³-hybridized carbons (Fsp3) is 0.389. The molecule has 7 nitrogen and oxygen atoms in total. The molecule has 0 unspecified atom stereocenters. The van der Waals surface area contributed by atoms with E-state index >= 15 is 0 Å². The maximum atomic E-state index is 12.3.